The van der Waals surface area contributed by atoms with Gasteiger partial charge in [0.25, 0.3) is 5.91 Å². The predicted octanol–water partition coefficient (Wildman–Crippen LogP) is 4.08. The fourth-order valence-corrected chi connectivity index (χ4v) is 3.26. The Morgan fingerprint density at radius 2 is 1.79 bits per heavy atom. The number of methoxy groups -OCH3 is 1. The van der Waals surface area contributed by atoms with Crippen molar-refractivity contribution in [1.29, 1.82) is 0 Å². The molecule has 3 rings (SSSR count). The van der Waals surface area contributed by atoms with Gasteiger partial charge in [-0.15, -0.1) is 0 Å². The number of nitrogens with zero attached hydrogens (tertiary/aromatic N) is 1. The number of benzene rings is 2. The minimum atomic E-state index is -0.277. The molecule has 6 nitrogen and oxygen atoms in total. The van der Waals surface area contributed by atoms with Crippen LogP contribution in [-0.4, -0.2) is 37.4 Å². The first kappa shape index (κ1) is 19.5. The van der Waals surface area contributed by atoms with Crippen molar-refractivity contribution < 1.29 is 18.7 Å². The number of amides is 2. The molecule has 28 heavy (non-hydrogen) atoms. The van der Waals surface area contributed by atoms with E-state index in [0.29, 0.717) is 28.0 Å². The van der Waals surface area contributed by atoms with Gasteiger partial charge in [0.2, 0.25) is 5.91 Å². The fraction of sp³-hybridized carbons (Fsp3) is 0.273. The Labute approximate surface area is 164 Å². The number of para-hydroxylation sites is 1. The smallest absolute Gasteiger partial charge is 0.258 e. The van der Waals surface area contributed by atoms with Gasteiger partial charge in [0.05, 0.1) is 19.2 Å². The van der Waals surface area contributed by atoms with Gasteiger partial charge < -0.3 is 19.4 Å². The number of likely N-dealkylation sites (N-methyl/N-ethyl adjacent to an activating group) is 1. The van der Waals surface area contributed by atoms with E-state index in [1.54, 1.807) is 39.3 Å². The van der Waals surface area contributed by atoms with Crippen LogP contribution in [0.15, 0.2) is 40.8 Å². The van der Waals surface area contributed by atoms with Crippen molar-refractivity contribution in [2.75, 3.05) is 26.0 Å². The van der Waals surface area contributed by atoms with E-state index >= 15 is 0 Å². The second-order valence-electron chi connectivity index (χ2n) is 6.87. The summed E-state index contributed by atoms with van der Waals surface area (Å²) in [5.74, 6) is 0.616. The molecule has 3 aromatic rings. The van der Waals surface area contributed by atoms with Crippen molar-refractivity contribution in [3.8, 4) is 5.75 Å². The number of hydrogen-bond acceptors (Lipinski definition) is 4. The third kappa shape index (κ3) is 3.71. The van der Waals surface area contributed by atoms with Gasteiger partial charge >= 0.3 is 0 Å². The van der Waals surface area contributed by atoms with Gasteiger partial charge in [-0.1, -0.05) is 18.2 Å². The van der Waals surface area contributed by atoms with Crippen LogP contribution in [0.3, 0.4) is 0 Å². The molecule has 0 radical (unpaired) electrons. The number of anilines is 1. The van der Waals surface area contributed by atoms with Gasteiger partial charge in [-0.2, -0.15) is 0 Å². The van der Waals surface area contributed by atoms with Crippen LogP contribution in [0.1, 0.15) is 27.2 Å². The van der Waals surface area contributed by atoms with Crippen LogP contribution in [0.25, 0.3) is 11.0 Å². The minimum absolute atomic E-state index is 0.0668. The molecule has 0 bridgehead atoms. The summed E-state index contributed by atoms with van der Waals surface area (Å²) in [6.45, 7) is 5.55. The van der Waals surface area contributed by atoms with Gasteiger partial charge in [-0.3, -0.25) is 9.59 Å². The van der Waals surface area contributed by atoms with E-state index in [4.69, 9.17) is 9.15 Å². The lowest BCUT2D eigenvalue weighted by atomic mass is 10.1. The molecule has 0 aliphatic rings. The quantitative estimate of drug-likeness (QED) is 0.724. The second kappa shape index (κ2) is 7.76. The number of hydrogen-bond donors (Lipinski definition) is 1. The lowest BCUT2D eigenvalue weighted by molar-refractivity contribution is -0.116. The molecule has 2 amide bonds. The Hall–Kier alpha value is -3.28. The number of ether oxygens (including phenoxy) is 1. The van der Waals surface area contributed by atoms with E-state index < -0.39 is 0 Å². The summed E-state index contributed by atoms with van der Waals surface area (Å²) in [6.07, 6.45) is 0. The molecule has 0 saturated carbocycles. The zero-order chi connectivity index (χ0) is 20.4. The maximum Gasteiger partial charge on any atom is 0.258 e. The van der Waals surface area contributed by atoms with Crippen molar-refractivity contribution in [2.45, 2.75) is 20.8 Å². The van der Waals surface area contributed by atoms with E-state index in [1.165, 1.54) is 4.90 Å². The first-order chi connectivity index (χ1) is 13.3. The Bertz CT molecular complexity index is 1030. The molecule has 0 fully saturated rings. The minimum Gasteiger partial charge on any atom is -0.497 e. The third-order valence-corrected chi connectivity index (χ3v) is 4.76. The van der Waals surface area contributed by atoms with E-state index in [2.05, 4.69) is 5.32 Å². The molecule has 0 aliphatic heterocycles. The van der Waals surface area contributed by atoms with Gasteiger partial charge in [0.1, 0.15) is 17.1 Å². The molecule has 0 aliphatic carbocycles. The molecule has 0 atom stereocenters. The van der Waals surface area contributed by atoms with Gasteiger partial charge in [-0.25, -0.2) is 0 Å². The molecule has 1 aromatic heterocycles. The summed E-state index contributed by atoms with van der Waals surface area (Å²) < 4.78 is 10.9. The van der Waals surface area contributed by atoms with Gasteiger partial charge in [-0.05, 0) is 50.1 Å². The van der Waals surface area contributed by atoms with Crippen LogP contribution in [0.5, 0.6) is 5.75 Å². The summed E-state index contributed by atoms with van der Waals surface area (Å²) in [4.78, 5) is 26.9. The zero-order valence-corrected chi connectivity index (χ0v) is 16.8. The van der Waals surface area contributed by atoms with E-state index in [-0.39, 0.29) is 18.4 Å². The predicted molar refractivity (Wildman–Crippen MR) is 109 cm³/mol. The van der Waals surface area contributed by atoms with Crippen molar-refractivity contribution >= 4 is 28.5 Å². The number of fused-ring (bicyclic) bond motifs is 1. The average molecular weight is 380 g/mol. The summed E-state index contributed by atoms with van der Waals surface area (Å²) in [6, 6.07) is 11.1. The molecule has 146 valence electrons. The maximum absolute atomic E-state index is 13.0. The number of rotatable bonds is 5. The third-order valence-electron chi connectivity index (χ3n) is 4.76. The van der Waals surface area contributed by atoms with Gasteiger partial charge in [0, 0.05) is 18.1 Å². The lowest BCUT2D eigenvalue weighted by Crippen LogP contribution is -2.35. The topological polar surface area (TPSA) is 71.8 Å². The van der Waals surface area contributed by atoms with E-state index in [9.17, 15) is 9.59 Å². The average Bonchev–Trinajstić information content (AvgIpc) is 2.98. The summed E-state index contributed by atoms with van der Waals surface area (Å²) in [7, 11) is 3.17. The SMILES string of the molecule is COc1ccc2oc(C)c(C(=O)N(C)CC(=O)Nc3c(C)cccc3C)c2c1. The summed E-state index contributed by atoms with van der Waals surface area (Å²) in [5, 5.41) is 3.57. The van der Waals surface area contributed by atoms with Crippen LogP contribution >= 0.6 is 0 Å². The molecule has 2 aromatic carbocycles. The first-order valence-corrected chi connectivity index (χ1v) is 9.00. The maximum atomic E-state index is 13.0. The van der Waals surface area contributed by atoms with Crippen LogP contribution in [0, 0.1) is 20.8 Å². The van der Waals surface area contributed by atoms with Crippen LogP contribution in [0.2, 0.25) is 0 Å². The number of carbonyl (C=O) groups is 2. The molecule has 6 heteroatoms. The van der Waals surface area contributed by atoms with Crippen LogP contribution < -0.4 is 10.1 Å². The Morgan fingerprint density at radius 3 is 2.43 bits per heavy atom. The largest absolute Gasteiger partial charge is 0.497 e. The molecule has 0 spiro atoms. The van der Waals surface area contributed by atoms with Crippen molar-refractivity contribution in [2.24, 2.45) is 0 Å². The molecular formula is C22H24N2O4. The highest BCUT2D eigenvalue weighted by Crippen LogP contribution is 2.30. The number of furan rings is 1. The number of carbonyl (C=O) groups excluding carboxylic acids is 2. The van der Waals surface area contributed by atoms with Gasteiger partial charge in [0.15, 0.2) is 0 Å². The van der Waals surface area contributed by atoms with Crippen LogP contribution in [-0.2, 0) is 4.79 Å². The van der Waals surface area contributed by atoms with Crippen molar-refractivity contribution in [3.05, 3.63) is 58.8 Å². The molecule has 0 saturated heterocycles. The lowest BCUT2D eigenvalue weighted by Gasteiger charge is -2.18. The normalized spacial score (nSPS) is 10.8. The first-order valence-electron chi connectivity index (χ1n) is 9.00. The highest BCUT2D eigenvalue weighted by molar-refractivity contribution is 6.08. The highest BCUT2D eigenvalue weighted by Gasteiger charge is 2.23. The fourth-order valence-electron chi connectivity index (χ4n) is 3.26. The molecule has 1 heterocycles. The van der Waals surface area contributed by atoms with E-state index in [0.717, 1.165) is 16.8 Å². The van der Waals surface area contributed by atoms with Crippen molar-refractivity contribution in [3.63, 3.8) is 0 Å². The second-order valence-corrected chi connectivity index (χ2v) is 6.87. The standard InChI is InChI=1S/C22H24N2O4/c1-13-7-6-8-14(2)21(13)23-19(25)12-24(4)22(26)20-15(3)28-18-10-9-16(27-5)11-17(18)20/h6-11H,12H2,1-5H3,(H,23,25). The molecular weight excluding hydrogens is 356 g/mol. The monoisotopic (exact) mass is 380 g/mol. The molecule has 1 N–H and O–H groups in total. The van der Waals surface area contributed by atoms with Crippen LogP contribution in [0.4, 0.5) is 5.69 Å². The Morgan fingerprint density at radius 1 is 1.11 bits per heavy atom. The Balaban J connectivity index is 1.80. The van der Waals surface area contributed by atoms with E-state index in [1.807, 2.05) is 32.0 Å². The number of aryl methyl sites for hydroxylation is 3. The molecule has 0 unspecified atom stereocenters. The number of nitrogens with one attached hydrogen (secondary N) is 1. The Kier molecular flexibility index (Phi) is 5.40. The van der Waals surface area contributed by atoms with Crippen molar-refractivity contribution in [1.82, 2.24) is 4.90 Å². The zero-order valence-electron chi connectivity index (χ0n) is 16.8. The summed E-state index contributed by atoms with van der Waals surface area (Å²) >= 11 is 0. The highest BCUT2D eigenvalue weighted by atomic mass is 16.5. The summed E-state index contributed by atoms with van der Waals surface area (Å²) in [5.41, 5.74) is 3.78.